The quantitative estimate of drug-likeness (QED) is 0.706. The van der Waals surface area contributed by atoms with E-state index in [9.17, 15) is 0 Å². The number of ether oxygens (including phenoxy) is 1. The summed E-state index contributed by atoms with van der Waals surface area (Å²) in [6, 6.07) is 7.10. The maximum atomic E-state index is 9.10. The Morgan fingerprint density at radius 1 is 1.21 bits per heavy atom. The molecule has 128 valence electrons. The second-order valence-corrected chi connectivity index (χ2v) is 6.16. The van der Waals surface area contributed by atoms with Crippen molar-refractivity contribution in [3.8, 4) is 0 Å². The van der Waals surface area contributed by atoms with Crippen molar-refractivity contribution in [1.29, 1.82) is 0 Å². The molecule has 2 aromatic rings. The van der Waals surface area contributed by atoms with Crippen LogP contribution in [0.25, 0.3) is 10.9 Å². The Labute approximate surface area is 139 Å². The molecule has 4 rings (SSSR count). The van der Waals surface area contributed by atoms with E-state index in [1.165, 1.54) is 22.0 Å². The lowest BCUT2D eigenvalue weighted by atomic mass is 9.85. The SMILES string of the molecule is CN1CCO[C@@H]2c3cccc4c3c(cn4C)C[C@H]21.O=C(O)C(=O)O. The van der Waals surface area contributed by atoms with Crippen LogP contribution in [-0.2, 0) is 27.8 Å². The molecule has 1 aromatic carbocycles. The maximum Gasteiger partial charge on any atom is 0.414 e. The molecule has 0 radical (unpaired) electrons. The number of benzene rings is 1. The van der Waals surface area contributed by atoms with Gasteiger partial charge in [-0.15, -0.1) is 0 Å². The summed E-state index contributed by atoms with van der Waals surface area (Å²) < 4.78 is 8.30. The van der Waals surface area contributed by atoms with Crippen LogP contribution < -0.4 is 0 Å². The van der Waals surface area contributed by atoms with E-state index in [-0.39, 0.29) is 6.10 Å². The van der Waals surface area contributed by atoms with Crippen LogP contribution in [0, 0.1) is 0 Å². The van der Waals surface area contributed by atoms with Gasteiger partial charge in [0.05, 0.1) is 12.7 Å². The molecule has 2 heterocycles. The van der Waals surface area contributed by atoms with Crippen molar-refractivity contribution in [3.05, 3.63) is 35.5 Å². The molecule has 0 bridgehead atoms. The van der Waals surface area contributed by atoms with Gasteiger partial charge in [-0.25, -0.2) is 9.59 Å². The van der Waals surface area contributed by atoms with Crippen LogP contribution in [0.4, 0.5) is 0 Å². The lowest BCUT2D eigenvalue weighted by Crippen LogP contribution is -2.47. The number of aryl methyl sites for hydroxylation is 1. The van der Waals surface area contributed by atoms with Crippen LogP contribution in [0.15, 0.2) is 24.4 Å². The number of carbonyl (C=O) groups is 2. The monoisotopic (exact) mass is 332 g/mol. The Kier molecular flexibility index (Phi) is 4.29. The Balaban J connectivity index is 0.000000246. The third-order valence-electron chi connectivity index (χ3n) is 4.70. The minimum absolute atomic E-state index is 0.252. The summed E-state index contributed by atoms with van der Waals surface area (Å²) in [4.78, 5) is 20.6. The predicted octanol–water partition coefficient (Wildman–Crippen LogP) is 1.26. The highest BCUT2D eigenvalue weighted by atomic mass is 16.5. The van der Waals surface area contributed by atoms with Gasteiger partial charge in [0, 0.05) is 36.7 Å². The number of carboxylic acid groups (broad SMARTS) is 2. The smallest absolute Gasteiger partial charge is 0.414 e. The number of hydrogen-bond donors (Lipinski definition) is 2. The summed E-state index contributed by atoms with van der Waals surface area (Å²) in [5.41, 5.74) is 4.19. The van der Waals surface area contributed by atoms with Gasteiger partial charge in [0.25, 0.3) is 0 Å². The third-order valence-corrected chi connectivity index (χ3v) is 4.70. The Bertz CT molecular complexity index is 786. The standard InChI is InChI=1S/C15H18N2O.C2H2O4/c1-16-6-7-18-15-11-4-3-5-12-14(11)10(8-13(15)16)9-17(12)2;3-1(4)2(5)6/h3-5,9,13,15H,6-8H2,1-2H3;(H,3,4)(H,5,6)/t13-,15-;/m1./s1. The Hall–Kier alpha value is -2.38. The molecule has 0 spiro atoms. The molecule has 0 saturated carbocycles. The van der Waals surface area contributed by atoms with E-state index in [1.807, 2.05) is 0 Å². The van der Waals surface area contributed by atoms with Crippen molar-refractivity contribution in [2.75, 3.05) is 20.2 Å². The van der Waals surface area contributed by atoms with Crippen LogP contribution >= 0.6 is 0 Å². The van der Waals surface area contributed by atoms with E-state index in [4.69, 9.17) is 24.5 Å². The van der Waals surface area contributed by atoms with Crippen molar-refractivity contribution in [2.24, 2.45) is 7.05 Å². The summed E-state index contributed by atoms with van der Waals surface area (Å²) in [7, 11) is 4.35. The van der Waals surface area contributed by atoms with Gasteiger partial charge >= 0.3 is 11.9 Å². The summed E-state index contributed by atoms with van der Waals surface area (Å²) in [6.45, 7) is 1.88. The molecule has 7 heteroatoms. The fourth-order valence-electron chi connectivity index (χ4n) is 3.58. The molecule has 1 saturated heterocycles. The number of fused-ring (bicyclic) bond motifs is 2. The summed E-state index contributed by atoms with van der Waals surface area (Å²) in [5.74, 6) is -3.65. The van der Waals surface area contributed by atoms with Crippen LogP contribution in [-0.4, -0.2) is 57.9 Å². The molecule has 1 aliphatic heterocycles. The normalized spacial score (nSPS) is 22.4. The number of likely N-dealkylation sites (N-methyl/N-ethyl adjacent to an activating group) is 1. The maximum absolute atomic E-state index is 9.10. The van der Waals surface area contributed by atoms with E-state index in [2.05, 4.69) is 48.0 Å². The van der Waals surface area contributed by atoms with Gasteiger partial charge in [0.1, 0.15) is 0 Å². The zero-order chi connectivity index (χ0) is 17.4. The van der Waals surface area contributed by atoms with E-state index >= 15 is 0 Å². The number of morpholine rings is 1. The molecular formula is C17H20N2O5. The van der Waals surface area contributed by atoms with Crippen LogP contribution in [0.5, 0.6) is 0 Å². The summed E-state index contributed by atoms with van der Waals surface area (Å²) in [6.07, 6.45) is 3.64. The zero-order valence-corrected chi connectivity index (χ0v) is 13.6. The van der Waals surface area contributed by atoms with Crippen molar-refractivity contribution in [3.63, 3.8) is 0 Å². The lowest BCUT2D eigenvalue weighted by Gasteiger charge is -2.41. The van der Waals surface area contributed by atoms with Crippen molar-refractivity contribution in [1.82, 2.24) is 9.47 Å². The molecule has 0 unspecified atom stereocenters. The first-order valence-corrected chi connectivity index (χ1v) is 7.75. The molecule has 2 N–H and O–H groups in total. The van der Waals surface area contributed by atoms with Gasteiger partial charge in [-0.05, 0) is 30.7 Å². The van der Waals surface area contributed by atoms with E-state index in [1.54, 1.807) is 0 Å². The van der Waals surface area contributed by atoms with Gasteiger partial charge in [-0.3, -0.25) is 4.90 Å². The Morgan fingerprint density at radius 3 is 2.58 bits per heavy atom. The minimum atomic E-state index is -1.82. The largest absolute Gasteiger partial charge is 0.473 e. The first kappa shape index (κ1) is 16.5. The van der Waals surface area contributed by atoms with Crippen molar-refractivity contribution in [2.45, 2.75) is 18.6 Å². The average Bonchev–Trinajstić information content (AvgIpc) is 2.87. The number of nitrogens with zero attached hydrogens (tertiary/aromatic N) is 2. The third kappa shape index (κ3) is 2.76. The van der Waals surface area contributed by atoms with E-state index in [0.717, 1.165) is 19.6 Å². The zero-order valence-electron chi connectivity index (χ0n) is 13.6. The molecule has 24 heavy (non-hydrogen) atoms. The fraction of sp³-hybridized carbons (Fsp3) is 0.412. The first-order chi connectivity index (χ1) is 11.4. The molecule has 1 fully saturated rings. The van der Waals surface area contributed by atoms with Gasteiger partial charge in [-0.2, -0.15) is 0 Å². The number of hydrogen-bond acceptors (Lipinski definition) is 4. The minimum Gasteiger partial charge on any atom is -0.473 e. The molecule has 7 nitrogen and oxygen atoms in total. The predicted molar refractivity (Wildman–Crippen MR) is 87.0 cm³/mol. The second kappa shape index (κ2) is 6.26. The molecular weight excluding hydrogens is 312 g/mol. The van der Waals surface area contributed by atoms with Crippen molar-refractivity contribution < 1.29 is 24.5 Å². The lowest BCUT2D eigenvalue weighted by molar-refractivity contribution is -0.159. The highest BCUT2D eigenvalue weighted by Gasteiger charge is 2.37. The van der Waals surface area contributed by atoms with Gasteiger partial charge in [0.15, 0.2) is 0 Å². The fourth-order valence-corrected chi connectivity index (χ4v) is 3.58. The molecule has 0 amide bonds. The summed E-state index contributed by atoms with van der Waals surface area (Å²) >= 11 is 0. The van der Waals surface area contributed by atoms with E-state index < -0.39 is 11.9 Å². The number of aromatic nitrogens is 1. The average molecular weight is 332 g/mol. The van der Waals surface area contributed by atoms with Crippen LogP contribution in [0.1, 0.15) is 17.2 Å². The van der Waals surface area contributed by atoms with Gasteiger partial charge in [-0.1, -0.05) is 12.1 Å². The number of rotatable bonds is 0. The van der Waals surface area contributed by atoms with Crippen molar-refractivity contribution >= 4 is 22.8 Å². The van der Waals surface area contributed by atoms with Crippen LogP contribution in [0.2, 0.25) is 0 Å². The van der Waals surface area contributed by atoms with Gasteiger partial charge in [0.2, 0.25) is 0 Å². The van der Waals surface area contributed by atoms with Gasteiger partial charge < -0.3 is 19.5 Å². The summed E-state index contributed by atoms with van der Waals surface area (Å²) in [5, 5.41) is 16.2. The Morgan fingerprint density at radius 2 is 1.92 bits per heavy atom. The first-order valence-electron chi connectivity index (χ1n) is 7.75. The molecule has 2 aliphatic rings. The number of aliphatic carboxylic acids is 2. The molecule has 1 aliphatic carbocycles. The highest BCUT2D eigenvalue weighted by molar-refractivity contribution is 6.27. The topological polar surface area (TPSA) is 92.0 Å². The van der Waals surface area contributed by atoms with E-state index in [0.29, 0.717) is 6.04 Å². The highest BCUT2D eigenvalue weighted by Crippen LogP contribution is 2.41. The molecule has 1 aromatic heterocycles. The number of carboxylic acids is 2. The molecule has 2 atom stereocenters. The van der Waals surface area contributed by atoms with Crippen LogP contribution in [0.3, 0.4) is 0 Å². The second-order valence-electron chi connectivity index (χ2n) is 6.16.